The van der Waals surface area contributed by atoms with Crippen molar-refractivity contribution >= 4 is 28.5 Å². The zero-order valence-electron chi connectivity index (χ0n) is 12.6. The number of benzene rings is 1. The van der Waals surface area contributed by atoms with Crippen molar-refractivity contribution in [3.8, 4) is 5.69 Å². The van der Waals surface area contributed by atoms with Crippen LogP contribution >= 0.6 is 0 Å². The Morgan fingerprint density at radius 1 is 1.26 bits per heavy atom. The molecule has 2 heterocycles. The Labute approximate surface area is 131 Å². The van der Waals surface area contributed by atoms with Crippen LogP contribution < -0.4 is 5.32 Å². The van der Waals surface area contributed by atoms with E-state index in [2.05, 4.69) is 15.4 Å². The van der Waals surface area contributed by atoms with Crippen LogP contribution in [0.5, 0.6) is 0 Å². The van der Waals surface area contributed by atoms with Crippen LogP contribution in [-0.4, -0.2) is 31.7 Å². The molecule has 7 heteroatoms. The smallest absolute Gasteiger partial charge is 0.356 e. The van der Waals surface area contributed by atoms with Crippen molar-refractivity contribution in [1.82, 2.24) is 14.8 Å². The number of carboxylic acids is 1. The molecule has 0 aliphatic heterocycles. The number of hydrogen-bond donors (Lipinski definition) is 2. The fraction of sp³-hybridized carbons (Fsp3) is 0.125. The first-order chi connectivity index (χ1) is 11.0. The largest absolute Gasteiger partial charge is 0.476 e. The number of nitrogens with one attached hydrogen (secondary N) is 1. The van der Waals surface area contributed by atoms with Gasteiger partial charge in [-0.1, -0.05) is 0 Å². The maximum Gasteiger partial charge on any atom is 0.356 e. The van der Waals surface area contributed by atoms with Gasteiger partial charge in [-0.25, -0.2) is 9.48 Å². The number of carbonyl (C=O) groups excluding carboxylic acids is 1. The third-order valence-electron chi connectivity index (χ3n) is 3.39. The highest BCUT2D eigenvalue weighted by molar-refractivity contribution is 6.02. The Hall–Kier alpha value is -3.22. The van der Waals surface area contributed by atoms with Gasteiger partial charge >= 0.3 is 5.97 Å². The molecule has 0 saturated carbocycles. The molecule has 2 aromatic heterocycles. The summed E-state index contributed by atoms with van der Waals surface area (Å²) in [5.41, 5.74) is 2.59. The first-order valence-corrected chi connectivity index (χ1v) is 6.93. The average Bonchev–Trinajstić information content (AvgIpc) is 2.89. The van der Waals surface area contributed by atoms with Crippen LogP contribution in [-0.2, 0) is 4.79 Å². The van der Waals surface area contributed by atoms with E-state index >= 15 is 0 Å². The van der Waals surface area contributed by atoms with Crippen LogP contribution in [0.1, 0.15) is 23.1 Å². The van der Waals surface area contributed by atoms with Crippen molar-refractivity contribution in [1.29, 1.82) is 0 Å². The van der Waals surface area contributed by atoms with Gasteiger partial charge in [0.2, 0.25) is 5.91 Å². The number of pyridine rings is 1. The fourth-order valence-corrected chi connectivity index (χ4v) is 2.46. The standard InChI is InChI=1S/C16H14N4O3/c1-9-8-13(16(22)23)19-20(9)14-6-5-12(18-10(2)21)15-11(14)4-3-7-17-15/h3-8H,1-2H3,(H,18,21)(H,22,23). The van der Waals surface area contributed by atoms with Crippen molar-refractivity contribution in [2.24, 2.45) is 0 Å². The van der Waals surface area contributed by atoms with E-state index in [1.165, 1.54) is 13.0 Å². The van der Waals surface area contributed by atoms with Crippen LogP contribution in [0, 0.1) is 6.92 Å². The van der Waals surface area contributed by atoms with Gasteiger partial charge in [0.05, 0.1) is 16.9 Å². The van der Waals surface area contributed by atoms with Gasteiger partial charge in [-0.05, 0) is 37.3 Å². The predicted octanol–water partition coefficient (Wildman–Crippen LogP) is 2.39. The second-order valence-electron chi connectivity index (χ2n) is 5.10. The number of amides is 1. The van der Waals surface area contributed by atoms with Gasteiger partial charge in [-0.15, -0.1) is 0 Å². The van der Waals surface area contributed by atoms with E-state index in [1.807, 2.05) is 6.07 Å². The topological polar surface area (TPSA) is 97.1 Å². The molecule has 0 saturated heterocycles. The first kappa shape index (κ1) is 14.7. The van der Waals surface area contributed by atoms with Crippen LogP contribution in [0.25, 0.3) is 16.6 Å². The number of nitrogens with zero attached hydrogens (tertiary/aromatic N) is 3. The SMILES string of the molecule is CC(=O)Nc1ccc(-n2nc(C(=O)O)cc2C)c2cccnc12. The zero-order chi connectivity index (χ0) is 16.6. The Morgan fingerprint density at radius 2 is 2.04 bits per heavy atom. The third kappa shape index (κ3) is 2.64. The number of rotatable bonds is 3. The molecule has 23 heavy (non-hydrogen) atoms. The van der Waals surface area contributed by atoms with Crippen molar-refractivity contribution in [2.75, 3.05) is 5.32 Å². The van der Waals surface area contributed by atoms with E-state index in [0.717, 1.165) is 5.39 Å². The highest BCUT2D eigenvalue weighted by Gasteiger charge is 2.15. The lowest BCUT2D eigenvalue weighted by atomic mass is 10.1. The quantitative estimate of drug-likeness (QED) is 0.774. The van der Waals surface area contributed by atoms with Gasteiger partial charge in [-0.2, -0.15) is 5.10 Å². The molecule has 0 spiro atoms. The second-order valence-corrected chi connectivity index (χ2v) is 5.10. The monoisotopic (exact) mass is 310 g/mol. The minimum atomic E-state index is -1.08. The second kappa shape index (κ2) is 5.53. The highest BCUT2D eigenvalue weighted by Crippen LogP contribution is 2.28. The fourth-order valence-electron chi connectivity index (χ4n) is 2.46. The molecule has 0 fully saturated rings. The normalized spacial score (nSPS) is 10.7. The lowest BCUT2D eigenvalue weighted by Crippen LogP contribution is -2.08. The van der Waals surface area contributed by atoms with Gasteiger partial charge in [0, 0.05) is 24.2 Å². The minimum Gasteiger partial charge on any atom is -0.476 e. The summed E-state index contributed by atoms with van der Waals surface area (Å²) in [5, 5.41) is 16.7. The number of aromatic nitrogens is 3. The number of anilines is 1. The van der Waals surface area contributed by atoms with E-state index < -0.39 is 5.97 Å². The maximum absolute atomic E-state index is 11.3. The number of fused-ring (bicyclic) bond motifs is 1. The summed E-state index contributed by atoms with van der Waals surface area (Å²) in [7, 11) is 0. The molecule has 2 N–H and O–H groups in total. The molecule has 0 atom stereocenters. The first-order valence-electron chi connectivity index (χ1n) is 6.93. The highest BCUT2D eigenvalue weighted by atomic mass is 16.4. The average molecular weight is 310 g/mol. The van der Waals surface area contributed by atoms with Crippen molar-refractivity contribution in [2.45, 2.75) is 13.8 Å². The van der Waals surface area contributed by atoms with Gasteiger partial charge in [0.25, 0.3) is 0 Å². The Bertz CT molecular complexity index is 930. The van der Waals surface area contributed by atoms with E-state index in [4.69, 9.17) is 5.11 Å². The zero-order valence-corrected chi connectivity index (χ0v) is 12.6. The molecule has 116 valence electrons. The third-order valence-corrected chi connectivity index (χ3v) is 3.39. The Balaban J connectivity index is 2.23. The lowest BCUT2D eigenvalue weighted by Gasteiger charge is -2.12. The molecule has 3 rings (SSSR count). The molecular weight excluding hydrogens is 296 g/mol. The molecule has 0 bridgehead atoms. The molecule has 3 aromatic rings. The summed E-state index contributed by atoms with van der Waals surface area (Å²) in [6, 6.07) is 8.64. The molecule has 0 aliphatic carbocycles. The predicted molar refractivity (Wildman–Crippen MR) is 84.9 cm³/mol. The maximum atomic E-state index is 11.3. The van der Waals surface area contributed by atoms with Crippen LogP contribution in [0.2, 0.25) is 0 Å². The van der Waals surface area contributed by atoms with E-state index in [9.17, 15) is 9.59 Å². The van der Waals surface area contributed by atoms with Crippen molar-refractivity contribution in [3.63, 3.8) is 0 Å². The molecule has 0 radical (unpaired) electrons. The number of carbonyl (C=O) groups is 2. The molecule has 1 aromatic carbocycles. The van der Waals surface area contributed by atoms with Crippen molar-refractivity contribution in [3.05, 3.63) is 47.9 Å². The summed E-state index contributed by atoms with van der Waals surface area (Å²) < 4.78 is 1.56. The minimum absolute atomic E-state index is 0.0227. The van der Waals surface area contributed by atoms with E-state index in [1.54, 1.807) is 36.0 Å². The summed E-state index contributed by atoms with van der Waals surface area (Å²) in [6.45, 7) is 3.21. The molecular formula is C16H14N4O3. The number of aryl methyl sites for hydroxylation is 1. The van der Waals surface area contributed by atoms with Crippen LogP contribution in [0.4, 0.5) is 5.69 Å². The molecule has 0 unspecified atom stereocenters. The van der Waals surface area contributed by atoms with Gasteiger partial charge in [-0.3, -0.25) is 9.78 Å². The number of carboxylic acid groups (broad SMARTS) is 1. The Kier molecular flexibility index (Phi) is 3.53. The van der Waals surface area contributed by atoms with Crippen LogP contribution in [0.15, 0.2) is 36.5 Å². The van der Waals surface area contributed by atoms with Gasteiger partial charge in [0.15, 0.2) is 5.69 Å². The molecule has 7 nitrogen and oxygen atoms in total. The Morgan fingerprint density at radius 3 is 2.70 bits per heavy atom. The van der Waals surface area contributed by atoms with Crippen molar-refractivity contribution < 1.29 is 14.7 Å². The van der Waals surface area contributed by atoms with Crippen LogP contribution in [0.3, 0.4) is 0 Å². The van der Waals surface area contributed by atoms with E-state index in [0.29, 0.717) is 22.6 Å². The number of aromatic carboxylic acids is 1. The van der Waals surface area contributed by atoms with Gasteiger partial charge < -0.3 is 10.4 Å². The lowest BCUT2D eigenvalue weighted by molar-refractivity contribution is -0.114. The summed E-state index contributed by atoms with van der Waals surface area (Å²) in [4.78, 5) is 26.7. The van der Waals surface area contributed by atoms with E-state index in [-0.39, 0.29) is 11.6 Å². The summed E-state index contributed by atoms with van der Waals surface area (Å²) in [5.74, 6) is -1.27. The van der Waals surface area contributed by atoms with Gasteiger partial charge in [0.1, 0.15) is 0 Å². The summed E-state index contributed by atoms with van der Waals surface area (Å²) in [6.07, 6.45) is 1.63. The molecule has 0 aliphatic rings. The molecule has 1 amide bonds. The number of hydrogen-bond acceptors (Lipinski definition) is 4. The summed E-state index contributed by atoms with van der Waals surface area (Å²) >= 11 is 0.